The molecule has 0 amide bonds. The van der Waals surface area contributed by atoms with E-state index >= 15 is 0 Å². The van der Waals surface area contributed by atoms with E-state index in [1.807, 2.05) is 12.1 Å². The molecule has 0 radical (unpaired) electrons. The highest BCUT2D eigenvalue weighted by atomic mass is 35.5. The van der Waals surface area contributed by atoms with Gasteiger partial charge < -0.3 is 38.6 Å². The Morgan fingerprint density at radius 2 is 1.23 bits per heavy atom. The molecule has 4 fully saturated rings. The first-order valence-corrected chi connectivity index (χ1v) is 20.8. The predicted molar refractivity (Wildman–Crippen MR) is 220 cm³/mol. The van der Waals surface area contributed by atoms with Gasteiger partial charge in [-0.1, -0.05) is 37.8 Å². The molecule has 2 saturated carbocycles. The Morgan fingerprint density at radius 3 is 1.77 bits per heavy atom. The number of ketones is 1. The van der Waals surface area contributed by atoms with Crippen molar-refractivity contribution >= 4 is 24.2 Å². The van der Waals surface area contributed by atoms with Gasteiger partial charge in [0.15, 0.2) is 5.78 Å². The van der Waals surface area contributed by atoms with Crippen molar-refractivity contribution < 1.29 is 38.4 Å². The molecule has 0 unspecified atom stereocenters. The van der Waals surface area contributed by atoms with E-state index in [0.29, 0.717) is 49.4 Å². The van der Waals surface area contributed by atoms with Gasteiger partial charge in [-0.25, -0.2) is 4.79 Å². The highest BCUT2D eigenvalue weighted by molar-refractivity contribution is 5.85. The standard InChI is InChI=1S/C22H31NO4.C17H23NO.C6H12O3.ClH/c1-23-10-9-22-8-4-3-5-18(22)20(23)13-16-6-7-17(14-19(16)22)27-21(24)15-26-12-11-25-2;1-18-9-8-17-7-3-2-4-14(17)16(18)10-12-5-6-13(19)11-15(12)17;1-6(7)5-9-4-3-8-2;/h6-7,14,18,20H,3-5,8-13,15H2,1-2H3;5-6,11,14,16,19H,2-4,7-10H2,1H3;3-5H2,1-2H3;1H/t18-,20+,22+;14-,16+,17+;;/m00../s1. The second-order valence-electron chi connectivity index (χ2n) is 16.9. The number of benzene rings is 2. The van der Waals surface area contributed by atoms with E-state index in [1.165, 1.54) is 106 Å². The van der Waals surface area contributed by atoms with Crippen LogP contribution in [0, 0.1) is 11.8 Å². The number of methoxy groups -OCH3 is 2. The van der Waals surface area contributed by atoms with Crippen LogP contribution >= 0.6 is 12.4 Å². The van der Waals surface area contributed by atoms with E-state index in [4.69, 9.17) is 18.9 Å². The molecule has 0 spiro atoms. The summed E-state index contributed by atoms with van der Waals surface area (Å²) in [5.41, 5.74) is 6.53. The zero-order valence-electron chi connectivity index (χ0n) is 34.5. The SMILES string of the molecule is CN1CC[C@]23CCCC[C@H]2[C@H]1Cc1ccc(O)cc13.COCCOCC(=O)Oc1ccc2c(c1)[C@@]13CCCC[C@H]1[C@@H](C2)N(C)CC3.COCCOCC(C)=O.Cl. The number of phenols is 1. The first kappa shape index (κ1) is 44.5. The summed E-state index contributed by atoms with van der Waals surface area (Å²) < 4.78 is 25.3. The van der Waals surface area contributed by atoms with Gasteiger partial charge in [-0.05, 0) is 144 Å². The summed E-state index contributed by atoms with van der Waals surface area (Å²) in [6.45, 7) is 5.95. The largest absolute Gasteiger partial charge is 0.508 e. The number of aromatic hydroxyl groups is 1. The normalized spacial score (nSPS) is 28.6. The van der Waals surface area contributed by atoms with Crippen molar-refractivity contribution in [3.63, 3.8) is 0 Å². The van der Waals surface area contributed by atoms with Gasteiger partial charge in [0.25, 0.3) is 0 Å². The molecule has 0 aromatic heterocycles. The Bertz CT molecular complexity index is 1610. The van der Waals surface area contributed by atoms with Crippen LogP contribution < -0.4 is 4.74 Å². The fourth-order valence-electron chi connectivity index (χ4n) is 11.2. The summed E-state index contributed by atoms with van der Waals surface area (Å²) >= 11 is 0. The molecule has 8 rings (SSSR count). The lowest BCUT2D eigenvalue weighted by Gasteiger charge is -2.58. The molecular formula is C45H67ClN2O8. The molecular weight excluding hydrogens is 732 g/mol. The molecule has 6 atom stereocenters. The lowest BCUT2D eigenvalue weighted by molar-refractivity contribution is -0.139. The molecule has 6 aliphatic rings. The second-order valence-corrected chi connectivity index (χ2v) is 16.9. The Morgan fingerprint density at radius 1 is 0.714 bits per heavy atom. The van der Waals surface area contributed by atoms with Crippen LogP contribution in [-0.4, -0.2) is 120 Å². The molecule has 2 aromatic rings. The quantitative estimate of drug-likeness (QED) is 0.150. The van der Waals surface area contributed by atoms with Crippen LogP contribution in [0.5, 0.6) is 11.5 Å². The summed E-state index contributed by atoms with van der Waals surface area (Å²) in [4.78, 5) is 27.5. The lowest BCUT2D eigenvalue weighted by Crippen LogP contribution is -2.59. The average Bonchev–Trinajstić information content (AvgIpc) is 3.19. The molecule has 4 aliphatic carbocycles. The second kappa shape index (κ2) is 20.4. The number of nitrogens with zero attached hydrogens (tertiary/aromatic N) is 2. The third kappa shape index (κ3) is 9.82. The predicted octanol–water partition coefficient (Wildman–Crippen LogP) is 6.68. The zero-order chi connectivity index (χ0) is 39.0. The number of likely N-dealkylation sites (N-methyl/N-ethyl adjacent to an activating group) is 2. The number of ether oxygens (including phenoxy) is 5. The van der Waals surface area contributed by atoms with Crippen LogP contribution in [0.1, 0.15) is 93.4 Å². The average molecular weight is 799 g/mol. The van der Waals surface area contributed by atoms with Crippen LogP contribution in [0.2, 0.25) is 0 Å². The highest BCUT2D eigenvalue weighted by Crippen LogP contribution is 2.57. The Balaban J connectivity index is 0.000000180. The summed E-state index contributed by atoms with van der Waals surface area (Å²) in [5, 5.41) is 9.91. The minimum absolute atomic E-state index is 0. The van der Waals surface area contributed by atoms with E-state index < -0.39 is 0 Å². The number of carbonyl (C=O) groups is 2. The van der Waals surface area contributed by atoms with E-state index in [9.17, 15) is 14.7 Å². The number of likely N-dealkylation sites (tertiary alicyclic amines) is 2. The Labute approximate surface area is 341 Å². The van der Waals surface area contributed by atoms with Gasteiger partial charge in [0.1, 0.15) is 24.7 Å². The number of phenolic OH excluding ortho intramolecular Hbond substituents is 1. The van der Waals surface area contributed by atoms with Gasteiger partial charge in [-0.2, -0.15) is 0 Å². The van der Waals surface area contributed by atoms with Crippen LogP contribution in [0.3, 0.4) is 0 Å². The van der Waals surface area contributed by atoms with Crippen LogP contribution in [0.15, 0.2) is 36.4 Å². The van der Waals surface area contributed by atoms with Crippen LogP contribution in [0.4, 0.5) is 0 Å². The van der Waals surface area contributed by atoms with Gasteiger partial charge in [0.05, 0.1) is 26.4 Å². The van der Waals surface area contributed by atoms with Crippen molar-refractivity contribution in [2.45, 2.75) is 107 Å². The number of rotatable bonds is 11. The van der Waals surface area contributed by atoms with Gasteiger partial charge in [-0.15, -0.1) is 12.4 Å². The Hall–Kier alpha value is -2.57. The third-order valence-corrected chi connectivity index (χ3v) is 13.8. The van der Waals surface area contributed by atoms with Gasteiger partial charge in [-0.3, -0.25) is 4.79 Å². The Kier molecular flexibility index (Phi) is 16.2. The molecule has 11 heteroatoms. The van der Waals surface area contributed by atoms with Gasteiger partial charge in [0, 0.05) is 37.1 Å². The van der Waals surface area contributed by atoms with E-state index in [-0.39, 0.29) is 42.8 Å². The molecule has 2 aliphatic heterocycles. The monoisotopic (exact) mass is 798 g/mol. The number of esters is 1. The fraction of sp³-hybridized carbons (Fsp3) is 0.689. The molecule has 1 N–H and O–H groups in total. The van der Waals surface area contributed by atoms with Gasteiger partial charge >= 0.3 is 5.97 Å². The fourth-order valence-corrected chi connectivity index (χ4v) is 11.2. The molecule has 10 nitrogen and oxygen atoms in total. The van der Waals surface area contributed by atoms with Crippen molar-refractivity contribution in [3.8, 4) is 11.5 Å². The topological polar surface area (TPSA) is 107 Å². The molecule has 56 heavy (non-hydrogen) atoms. The maximum absolute atomic E-state index is 12.1. The van der Waals surface area contributed by atoms with Crippen LogP contribution in [-0.2, 0) is 52.2 Å². The molecule has 2 heterocycles. The third-order valence-electron chi connectivity index (χ3n) is 13.8. The molecule has 4 bridgehead atoms. The van der Waals surface area contributed by atoms with Crippen molar-refractivity contribution in [2.24, 2.45) is 11.8 Å². The summed E-state index contributed by atoms with van der Waals surface area (Å²) in [5.74, 6) is 2.36. The molecule has 312 valence electrons. The lowest BCUT2D eigenvalue weighted by atomic mass is 9.52. The van der Waals surface area contributed by atoms with Crippen molar-refractivity contribution in [3.05, 3.63) is 58.7 Å². The highest BCUT2D eigenvalue weighted by Gasteiger charge is 2.54. The van der Waals surface area contributed by atoms with E-state index in [1.54, 1.807) is 14.2 Å². The first-order valence-electron chi connectivity index (χ1n) is 20.8. The summed E-state index contributed by atoms with van der Waals surface area (Å²) in [6.07, 6.45) is 15.5. The summed E-state index contributed by atoms with van der Waals surface area (Å²) in [6, 6.07) is 13.8. The number of halogens is 1. The number of piperidine rings is 2. The number of hydrogen-bond donors (Lipinski definition) is 1. The van der Waals surface area contributed by atoms with E-state index in [0.717, 1.165) is 30.8 Å². The number of carbonyl (C=O) groups excluding carboxylic acids is 2. The van der Waals surface area contributed by atoms with Crippen LogP contribution in [0.25, 0.3) is 0 Å². The molecule has 2 aromatic carbocycles. The van der Waals surface area contributed by atoms with Crippen molar-refractivity contribution in [1.29, 1.82) is 0 Å². The van der Waals surface area contributed by atoms with E-state index in [2.05, 4.69) is 52.9 Å². The van der Waals surface area contributed by atoms with Gasteiger partial charge in [0.2, 0.25) is 0 Å². The number of fused-ring (bicyclic) bond motifs is 2. The van der Waals surface area contributed by atoms with Crippen molar-refractivity contribution in [2.75, 3.05) is 81.0 Å². The number of hydrogen-bond acceptors (Lipinski definition) is 10. The molecule has 2 saturated heterocycles. The maximum atomic E-state index is 12.1. The smallest absolute Gasteiger partial charge is 0.337 e. The minimum Gasteiger partial charge on any atom is -0.508 e. The number of Topliss-reactive ketones (excluding diaryl/α,β-unsaturated/α-hetero) is 1. The van der Waals surface area contributed by atoms with Crippen molar-refractivity contribution in [1.82, 2.24) is 9.80 Å². The first-order chi connectivity index (χ1) is 26.6. The minimum atomic E-state index is -0.346. The zero-order valence-corrected chi connectivity index (χ0v) is 35.3. The summed E-state index contributed by atoms with van der Waals surface area (Å²) in [7, 11) is 7.79. The maximum Gasteiger partial charge on any atom is 0.337 e.